The fraction of sp³-hybridized carbons (Fsp3) is 0.941. The van der Waals surface area contributed by atoms with Gasteiger partial charge in [0.1, 0.15) is 5.54 Å². The summed E-state index contributed by atoms with van der Waals surface area (Å²) in [6.45, 7) is 10.6. The molecule has 1 atom stereocenters. The Bertz CT molecular complexity index is 362. The average molecular weight is 296 g/mol. The van der Waals surface area contributed by atoms with Gasteiger partial charge in [-0.2, -0.15) is 0 Å². The molecule has 2 aliphatic carbocycles. The molecule has 1 unspecified atom stereocenters. The van der Waals surface area contributed by atoms with Crippen LogP contribution in [-0.4, -0.2) is 48.7 Å². The number of nitrogens with one attached hydrogen (secondary N) is 1. The van der Waals surface area contributed by atoms with Gasteiger partial charge in [-0.25, -0.2) is 4.79 Å². The molecule has 122 valence electrons. The number of esters is 1. The Balaban J connectivity index is 2.18. The van der Waals surface area contributed by atoms with Crippen molar-refractivity contribution in [1.29, 1.82) is 0 Å². The third kappa shape index (κ3) is 4.19. The lowest BCUT2D eigenvalue weighted by Crippen LogP contribution is -2.63. The van der Waals surface area contributed by atoms with Crippen molar-refractivity contribution in [1.82, 2.24) is 10.2 Å². The maximum absolute atomic E-state index is 12.6. The normalized spacial score (nSPS) is 21.9. The number of rotatable bonds is 9. The van der Waals surface area contributed by atoms with Crippen LogP contribution >= 0.6 is 0 Å². The van der Waals surface area contributed by atoms with Crippen LogP contribution in [0, 0.1) is 11.8 Å². The summed E-state index contributed by atoms with van der Waals surface area (Å²) >= 11 is 0. The van der Waals surface area contributed by atoms with E-state index in [1.54, 1.807) is 0 Å². The Morgan fingerprint density at radius 1 is 1.24 bits per heavy atom. The van der Waals surface area contributed by atoms with Crippen molar-refractivity contribution < 1.29 is 9.53 Å². The quantitative estimate of drug-likeness (QED) is 0.664. The molecule has 2 saturated carbocycles. The summed E-state index contributed by atoms with van der Waals surface area (Å²) in [5.41, 5.74) is -0.513. The number of hydrogen-bond acceptors (Lipinski definition) is 4. The predicted octanol–water partition coefficient (Wildman–Crippen LogP) is 2.43. The van der Waals surface area contributed by atoms with Gasteiger partial charge in [0.05, 0.1) is 7.11 Å². The van der Waals surface area contributed by atoms with E-state index in [2.05, 4.69) is 37.9 Å². The molecule has 4 nitrogen and oxygen atoms in total. The van der Waals surface area contributed by atoms with Crippen molar-refractivity contribution in [2.24, 2.45) is 11.8 Å². The van der Waals surface area contributed by atoms with Gasteiger partial charge in [0.2, 0.25) is 0 Å². The maximum Gasteiger partial charge on any atom is 0.327 e. The number of methoxy groups -OCH3 is 1. The molecule has 0 saturated heterocycles. The second kappa shape index (κ2) is 6.66. The minimum Gasteiger partial charge on any atom is -0.468 e. The number of nitrogens with zero attached hydrogens (tertiary/aromatic N) is 1. The topological polar surface area (TPSA) is 41.6 Å². The first-order chi connectivity index (χ1) is 9.89. The highest BCUT2D eigenvalue weighted by molar-refractivity contribution is 5.82. The van der Waals surface area contributed by atoms with Gasteiger partial charge in [-0.3, -0.25) is 10.2 Å². The molecule has 0 spiro atoms. The molecule has 4 heteroatoms. The highest BCUT2D eigenvalue weighted by atomic mass is 16.5. The smallest absolute Gasteiger partial charge is 0.327 e. The monoisotopic (exact) mass is 296 g/mol. The minimum atomic E-state index is -0.513. The van der Waals surface area contributed by atoms with Crippen LogP contribution in [0.4, 0.5) is 0 Å². The van der Waals surface area contributed by atoms with E-state index < -0.39 is 5.54 Å². The molecular formula is C17H32N2O2. The summed E-state index contributed by atoms with van der Waals surface area (Å²) in [6, 6.07) is 0.953. The fourth-order valence-corrected chi connectivity index (χ4v) is 3.43. The standard InChI is InChI=1S/C17H32N2O2/c1-12(2)10-19(15-8-9-15)11-17(14-6-7-14,16(20)21-5)18-13(3)4/h12-15,18H,6-11H2,1-5H3. The molecule has 2 fully saturated rings. The van der Waals surface area contributed by atoms with E-state index in [-0.39, 0.29) is 12.0 Å². The van der Waals surface area contributed by atoms with Crippen LogP contribution in [0.2, 0.25) is 0 Å². The van der Waals surface area contributed by atoms with Gasteiger partial charge in [-0.05, 0) is 51.4 Å². The van der Waals surface area contributed by atoms with Gasteiger partial charge in [-0.1, -0.05) is 13.8 Å². The van der Waals surface area contributed by atoms with Crippen LogP contribution in [0.5, 0.6) is 0 Å². The van der Waals surface area contributed by atoms with Crippen molar-refractivity contribution in [2.75, 3.05) is 20.2 Å². The molecular weight excluding hydrogens is 264 g/mol. The van der Waals surface area contributed by atoms with E-state index in [9.17, 15) is 4.79 Å². The second-order valence-corrected chi connectivity index (χ2v) is 7.59. The lowest BCUT2D eigenvalue weighted by molar-refractivity contribution is -0.151. The zero-order valence-corrected chi connectivity index (χ0v) is 14.3. The highest BCUT2D eigenvalue weighted by Gasteiger charge is 2.54. The van der Waals surface area contributed by atoms with Crippen LogP contribution < -0.4 is 5.32 Å². The predicted molar refractivity (Wildman–Crippen MR) is 85.2 cm³/mol. The molecule has 0 aromatic heterocycles. The van der Waals surface area contributed by atoms with Crippen molar-refractivity contribution >= 4 is 5.97 Å². The lowest BCUT2D eigenvalue weighted by Gasteiger charge is -2.39. The lowest BCUT2D eigenvalue weighted by atomic mass is 9.90. The first-order valence-corrected chi connectivity index (χ1v) is 8.49. The molecule has 0 bridgehead atoms. The molecule has 21 heavy (non-hydrogen) atoms. The van der Waals surface area contributed by atoms with Crippen LogP contribution in [0.15, 0.2) is 0 Å². The van der Waals surface area contributed by atoms with Gasteiger partial charge < -0.3 is 4.74 Å². The van der Waals surface area contributed by atoms with Gasteiger partial charge in [0, 0.05) is 25.2 Å². The molecule has 0 amide bonds. The van der Waals surface area contributed by atoms with Crippen LogP contribution in [0.1, 0.15) is 53.4 Å². The van der Waals surface area contributed by atoms with E-state index in [0.29, 0.717) is 17.9 Å². The van der Waals surface area contributed by atoms with Crippen LogP contribution in [0.3, 0.4) is 0 Å². The number of ether oxygens (including phenoxy) is 1. The third-order valence-electron chi connectivity index (χ3n) is 4.49. The van der Waals surface area contributed by atoms with Crippen LogP contribution in [-0.2, 0) is 9.53 Å². The highest BCUT2D eigenvalue weighted by Crippen LogP contribution is 2.42. The Hall–Kier alpha value is -0.610. The Kier molecular flexibility index (Phi) is 5.31. The summed E-state index contributed by atoms with van der Waals surface area (Å²) in [6.07, 6.45) is 4.82. The second-order valence-electron chi connectivity index (χ2n) is 7.59. The van der Waals surface area contributed by atoms with E-state index in [1.807, 2.05) is 0 Å². The van der Waals surface area contributed by atoms with E-state index in [1.165, 1.54) is 20.0 Å². The fourth-order valence-electron chi connectivity index (χ4n) is 3.43. The third-order valence-corrected chi connectivity index (χ3v) is 4.49. The minimum absolute atomic E-state index is 0.0758. The molecule has 2 rings (SSSR count). The van der Waals surface area contributed by atoms with Crippen molar-refractivity contribution in [3.8, 4) is 0 Å². The van der Waals surface area contributed by atoms with Gasteiger partial charge >= 0.3 is 5.97 Å². The van der Waals surface area contributed by atoms with Gasteiger partial charge in [0.15, 0.2) is 0 Å². The van der Waals surface area contributed by atoms with Crippen molar-refractivity contribution in [3.05, 3.63) is 0 Å². The Labute approximate surface area is 129 Å². The van der Waals surface area contributed by atoms with Crippen molar-refractivity contribution in [3.63, 3.8) is 0 Å². The Morgan fingerprint density at radius 2 is 1.86 bits per heavy atom. The first-order valence-electron chi connectivity index (χ1n) is 8.49. The maximum atomic E-state index is 12.6. The summed E-state index contributed by atoms with van der Waals surface area (Å²) in [7, 11) is 1.52. The summed E-state index contributed by atoms with van der Waals surface area (Å²) in [4.78, 5) is 15.1. The number of carbonyl (C=O) groups excluding carboxylic acids is 1. The molecule has 0 radical (unpaired) electrons. The molecule has 0 aromatic rings. The zero-order chi connectivity index (χ0) is 15.6. The van der Waals surface area contributed by atoms with Gasteiger partial charge in [-0.15, -0.1) is 0 Å². The van der Waals surface area contributed by atoms with E-state index in [4.69, 9.17) is 4.74 Å². The van der Waals surface area contributed by atoms with Crippen molar-refractivity contribution in [2.45, 2.75) is 71.0 Å². The SMILES string of the molecule is COC(=O)C(CN(CC(C)C)C1CC1)(NC(C)C)C1CC1. The zero-order valence-electron chi connectivity index (χ0n) is 14.3. The molecule has 2 aliphatic rings. The van der Waals surface area contributed by atoms with E-state index >= 15 is 0 Å². The molecule has 1 N–H and O–H groups in total. The summed E-state index contributed by atoms with van der Waals surface area (Å²) in [5.74, 6) is 0.980. The largest absolute Gasteiger partial charge is 0.468 e. The van der Waals surface area contributed by atoms with E-state index in [0.717, 1.165) is 25.9 Å². The van der Waals surface area contributed by atoms with Crippen LogP contribution in [0.25, 0.3) is 0 Å². The summed E-state index contributed by atoms with van der Waals surface area (Å²) < 4.78 is 5.20. The Morgan fingerprint density at radius 3 is 2.24 bits per heavy atom. The number of hydrogen-bond donors (Lipinski definition) is 1. The molecule has 0 aromatic carbocycles. The first kappa shape index (κ1) is 16.8. The molecule has 0 heterocycles. The molecule has 0 aliphatic heterocycles. The van der Waals surface area contributed by atoms with Gasteiger partial charge in [0.25, 0.3) is 0 Å². The summed E-state index contributed by atoms with van der Waals surface area (Å²) in [5, 5.41) is 3.58. The number of carbonyl (C=O) groups is 1. The average Bonchev–Trinajstić information content (AvgIpc) is 3.28.